The topological polar surface area (TPSA) is 68.3 Å². The first-order valence-electron chi connectivity index (χ1n) is 5.75. The van der Waals surface area contributed by atoms with Gasteiger partial charge in [-0.25, -0.2) is 9.78 Å². The Hall–Kier alpha value is -0.950. The maximum atomic E-state index is 11.6. The summed E-state index contributed by atoms with van der Waals surface area (Å²) in [6.07, 6.45) is -0.492. The van der Waals surface area contributed by atoms with E-state index in [1.165, 1.54) is 11.3 Å². The lowest BCUT2D eigenvalue weighted by Gasteiger charge is -2.19. The summed E-state index contributed by atoms with van der Waals surface area (Å²) in [6.45, 7) is 7.44. The van der Waals surface area contributed by atoms with Crippen molar-refractivity contribution in [1.29, 1.82) is 0 Å². The van der Waals surface area contributed by atoms with Crippen molar-refractivity contribution in [2.75, 3.05) is 5.33 Å². The molecule has 0 atom stereocenters. The number of nitrogens with zero attached hydrogens (tertiary/aromatic N) is 1. The summed E-state index contributed by atoms with van der Waals surface area (Å²) in [5.74, 6) is -0.00137. The summed E-state index contributed by atoms with van der Waals surface area (Å²) in [7, 11) is 0. The van der Waals surface area contributed by atoms with Crippen LogP contribution in [-0.2, 0) is 11.3 Å². The van der Waals surface area contributed by atoms with E-state index >= 15 is 0 Å². The highest BCUT2D eigenvalue weighted by atomic mass is 79.9. The zero-order chi connectivity index (χ0) is 14.6. The highest BCUT2D eigenvalue weighted by molar-refractivity contribution is 9.09. The number of hydrogen-bond acceptors (Lipinski definition) is 5. The Morgan fingerprint density at radius 2 is 2.05 bits per heavy atom. The van der Waals surface area contributed by atoms with Gasteiger partial charge in [0.25, 0.3) is 0 Å². The summed E-state index contributed by atoms with van der Waals surface area (Å²) in [6, 6.07) is 0. The molecular weight excluding hydrogens is 332 g/mol. The van der Waals surface area contributed by atoms with Gasteiger partial charge >= 0.3 is 6.09 Å². The van der Waals surface area contributed by atoms with Crippen molar-refractivity contribution in [3.8, 4) is 0 Å². The van der Waals surface area contributed by atoms with Gasteiger partial charge in [-0.15, -0.1) is 11.3 Å². The van der Waals surface area contributed by atoms with Crippen LogP contribution in [-0.4, -0.2) is 27.8 Å². The summed E-state index contributed by atoms with van der Waals surface area (Å²) in [4.78, 5) is 27.9. The van der Waals surface area contributed by atoms with Gasteiger partial charge in [-0.2, -0.15) is 0 Å². The lowest BCUT2D eigenvalue weighted by atomic mass is 10.2. The highest BCUT2D eigenvalue weighted by Crippen LogP contribution is 2.19. The second kappa shape index (κ2) is 6.47. The number of aromatic nitrogens is 1. The number of carbonyl (C=O) groups is 2. The summed E-state index contributed by atoms with van der Waals surface area (Å²) >= 11 is 4.42. The molecule has 0 aliphatic rings. The van der Waals surface area contributed by atoms with Crippen LogP contribution in [0.15, 0.2) is 0 Å². The molecule has 1 heterocycles. The van der Waals surface area contributed by atoms with Crippen molar-refractivity contribution in [1.82, 2.24) is 10.3 Å². The molecule has 1 amide bonds. The number of Topliss-reactive ketones (excluding diaryl/α,β-unsaturated/α-hetero) is 1. The molecule has 0 aliphatic heterocycles. The molecule has 0 aliphatic carbocycles. The Bertz CT molecular complexity index is 480. The van der Waals surface area contributed by atoms with Crippen LogP contribution in [0.2, 0.25) is 0 Å². The molecule has 0 spiro atoms. The Balaban J connectivity index is 2.60. The number of amides is 1. The van der Waals surface area contributed by atoms with Crippen LogP contribution in [0.25, 0.3) is 0 Å². The first-order valence-corrected chi connectivity index (χ1v) is 7.69. The van der Waals surface area contributed by atoms with Crippen molar-refractivity contribution >= 4 is 39.1 Å². The number of alkyl halides is 1. The summed E-state index contributed by atoms with van der Waals surface area (Å²) in [5.41, 5.74) is 0.162. The minimum absolute atomic E-state index is 0.00137. The van der Waals surface area contributed by atoms with Crippen molar-refractivity contribution in [2.45, 2.75) is 39.8 Å². The lowest BCUT2D eigenvalue weighted by Crippen LogP contribution is -2.32. The number of alkyl carbamates (subject to hydrolysis) is 1. The van der Waals surface area contributed by atoms with Crippen LogP contribution in [0.5, 0.6) is 0 Å². The predicted molar refractivity (Wildman–Crippen MR) is 78.0 cm³/mol. The third-order valence-corrected chi connectivity index (χ3v) is 3.71. The molecule has 0 radical (unpaired) electrons. The molecule has 5 nitrogen and oxygen atoms in total. The van der Waals surface area contributed by atoms with E-state index < -0.39 is 11.7 Å². The molecule has 1 N–H and O–H groups in total. The van der Waals surface area contributed by atoms with E-state index in [2.05, 4.69) is 26.2 Å². The molecule has 0 saturated carbocycles. The number of ketones is 1. The standard InChI is InChI=1S/C12H17BrN2O3S/c1-7-10(8(16)5-13)19-9(15-7)6-14-11(17)18-12(2,3)4/h5-6H2,1-4H3,(H,14,17). The monoisotopic (exact) mass is 348 g/mol. The molecule has 19 heavy (non-hydrogen) atoms. The van der Waals surface area contributed by atoms with Crippen LogP contribution < -0.4 is 5.32 Å². The van der Waals surface area contributed by atoms with Crippen LogP contribution in [0.4, 0.5) is 4.79 Å². The number of halogens is 1. The quantitative estimate of drug-likeness (QED) is 0.670. The van der Waals surface area contributed by atoms with Crippen LogP contribution >= 0.6 is 27.3 Å². The maximum Gasteiger partial charge on any atom is 0.408 e. The van der Waals surface area contributed by atoms with E-state index in [1.807, 2.05) is 0 Å². The summed E-state index contributed by atoms with van der Waals surface area (Å²) < 4.78 is 5.12. The predicted octanol–water partition coefficient (Wildman–Crippen LogP) is 3.05. The number of rotatable bonds is 4. The molecule has 7 heteroatoms. The molecule has 0 bridgehead atoms. The highest BCUT2D eigenvalue weighted by Gasteiger charge is 2.17. The molecule has 0 unspecified atom stereocenters. The molecule has 0 saturated heterocycles. The van der Waals surface area contributed by atoms with Crippen molar-refractivity contribution < 1.29 is 14.3 Å². The van der Waals surface area contributed by atoms with E-state index in [0.717, 1.165) is 0 Å². The van der Waals surface area contributed by atoms with Crippen molar-refractivity contribution in [3.63, 3.8) is 0 Å². The minimum atomic E-state index is -0.528. The average molecular weight is 349 g/mol. The fourth-order valence-corrected chi connectivity index (χ4v) is 2.72. The average Bonchev–Trinajstić information content (AvgIpc) is 2.65. The van der Waals surface area contributed by atoms with E-state index in [1.54, 1.807) is 27.7 Å². The Morgan fingerprint density at radius 1 is 1.42 bits per heavy atom. The number of carbonyl (C=O) groups excluding carboxylic acids is 2. The molecule has 0 aromatic carbocycles. The smallest absolute Gasteiger partial charge is 0.408 e. The molecule has 1 aromatic heterocycles. The second-order valence-corrected chi connectivity index (χ2v) is 6.58. The lowest BCUT2D eigenvalue weighted by molar-refractivity contribution is 0.0523. The van der Waals surface area contributed by atoms with Gasteiger partial charge in [0.05, 0.1) is 22.4 Å². The number of nitrogens with one attached hydrogen (secondary N) is 1. The molecule has 0 fully saturated rings. The van der Waals surface area contributed by atoms with Gasteiger partial charge in [0, 0.05) is 0 Å². The van der Waals surface area contributed by atoms with Gasteiger partial charge in [0.2, 0.25) is 0 Å². The minimum Gasteiger partial charge on any atom is -0.444 e. The van der Waals surface area contributed by atoms with Gasteiger partial charge in [0.15, 0.2) is 5.78 Å². The third kappa shape index (κ3) is 5.28. The molecule has 1 aromatic rings. The number of hydrogen-bond donors (Lipinski definition) is 1. The third-order valence-electron chi connectivity index (χ3n) is 2.00. The van der Waals surface area contributed by atoms with Crippen LogP contribution in [0.3, 0.4) is 0 Å². The normalized spacial score (nSPS) is 11.2. The van der Waals surface area contributed by atoms with Gasteiger partial charge in [-0.1, -0.05) is 15.9 Å². The van der Waals surface area contributed by atoms with E-state index in [0.29, 0.717) is 15.6 Å². The zero-order valence-electron chi connectivity index (χ0n) is 11.4. The first kappa shape index (κ1) is 16.1. The largest absolute Gasteiger partial charge is 0.444 e. The van der Waals surface area contributed by atoms with Gasteiger partial charge in [0.1, 0.15) is 10.6 Å². The van der Waals surface area contributed by atoms with Crippen LogP contribution in [0.1, 0.15) is 41.1 Å². The second-order valence-electron chi connectivity index (χ2n) is 4.93. The Kier molecular flexibility index (Phi) is 5.49. The number of ether oxygens (including phenoxy) is 1. The van der Waals surface area contributed by atoms with Crippen LogP contribution in [0, 0.1) is 6.92 Å². The van der Waals surface area contributed by atoms with Gasteiger partial charge < -0.3 is 10.1 Å². The molecule has 1 rings (SSSR count). The molecular formula is C12H17BrN2O3S. The first-order chi connectivity index (χ1) is 8.73. The van der Waals surface area contributed by atoms with E-state index in [-0.39, 0.29) is 17.7 Å². The fourth-order valence-electron chi connectivity index (χ4n) is 1.31. The number of thiazole rings is 1. The fraction of sp³-hybridized carbons (Fsp3) is 0.583. The number of aryl methyl sites for hydroxylation is 1. The van der Waals surface area contributed by atoms with E-state index in [4.69, 9.17) is 4.74 Å². The van der Waals surface area contributed by atoms with Gasteiger partial charge in [-0.05, 0) is 27.7 Å². The molecule has 106 valence electrons. The summed E-state index contributed by atoms with van der Waals surface area (Å²) in [5, 5.41) is 3.58. The SMILES string of the molecule is Cc1nc(CNC(=O)OC(C)(C)C)sc1C(=O)CBr. The Labute approximate surface area is 124 Å². The maximum absolute atomic E-state index is 11.6. The Morgan fingerprint density at radius 3 is 2.58 bits per heavy atom. The van der Waals surface area contributed by atoms with Crippen molar-refractivity contribution in [3.05, 3.63) is 15.6 Å². The van der Waals surface area contributed by atoms with Crippen molar-refractivity contribution in [2.24, 2.45) is 0 Å². The zero-order valence-corrected chi connectivity index (χ0v) is 13.8. The van der Waals surface area contributed by atoms with Gasteiger partial charge in [-0.3, -0.25) is 4.79 Å². The van der Waals surface area contributed by atoms with E-state index in [9.17, 15) is 9.59 Å².